The maximum atomic E-state index is 13.9. The smallest absolute Gasteiger partial charge is 0.322 e. The lowest BCUT2D eigenvalue weighted by atomic mass is 10.1. The minimum Gasteiger partial charge on any atom is -0.497 e. The third kappa shape index (κ3) is 5.55. The number of hydrogen-bond acceptors (Lipinski definition) is 5. The molecule has 0 saturated heterocycles. The summed E-state index contributed by atoms with van der Waals surface area (Å²) in [6.45, 7) is 6.67. The number of anilines is 1. The zero-order chi connectivity index (χ0) is 27.2. The number of carbonyl (C=O) groups excluding carboxylic acids is 1. The van der Waals surface area contributed by atoms with Crippen molar-refractivity contribution in [2.24, 2.45) is 0 Å². The summed E-state index contributed by atoms with van der Waals surface area (Å²) < 4.78 is 12.2. The Bertz CT molecular complexity index is 1480. The number of carbonyl (C=O) groups is 1. The molecule has 0 aliphatic carbocycles. The van der Waals surface area contributed by atoms with E-state index in [1.807, 2.05) is 57.2 Å². The van der Waals surface area contributed by atoms with Gasteiger partial charge in [0.15, 0.2) is 0 Å². The normalized spacial score (nSPS) is 11.8. The second-order valence-corrected chi connectivity index (χ2v) is 9.17. The Balaban J connectivity index is 1.85. The van der Waals surface area contributed by atoms with Crippen LogP contribution in [-0.4, -0.2) is 47.9 Å². The van der Waals surface area contributed by atoms with E-state index in [0.29, 0.717) is 53.4 Å². The largest absolute Gasteiger partial charge is 0.497 e. The van der Waals surface area contributed by atoms with Crippen molar-refractivity contribution >= 4 is 22.6 Å². The van der Waals surface area contributed by atoms with Crippen molar-refractivity contribution in [1.82, 2.24) is 14.5 Å². The highest BCUT2D eigenvalue weighted by Gasteiger charge is 2.29. The number of nitrogens with one attached hydrogen (secondary N) is 1. The summed E-state index contributed by atoms with van der Waals surface area (Å²) in [6.07, 6.45) is 0.537. The molecular formula is C30H34N4O4. The SMILES string of the molecule is CCC(c1nc2ccccc2c(=O)n1-c1ccc(C)c(C)c1)N(CCOC)C(=O)Nc1ccc(OC)cc1. The van der Waals surface area contributed by atoms with Crippen LogP contribution in [0.5, 0.6) is 5.75 Å². The van der Waals surface area contributed by atoms with E-state index in [4.69, 9.17) is 14.5 Å². The van der Waals surface area contributed by atoms with Crippen LogP contribution in [0.25, 0.3) is 16.6 Å². The summed E-state index contributed by atoms with van der Waals surface area (Å²) >= 11 is 0. The van der Waals surface area contributed by atoms with Crippen LogP contribution >= 0.6 is 0 Å². The lowest BCUT2D eigenvalue weighted by molar-refractivity contribution is 0.131. The first-order valence-corrected chi connectivity index (χ1v) is 12.7. The molecule has 0 aliphatic heterocycles. The molecule has 1 aromatic heterocycles. The number of urea groups is 1. The number of aromatic nitrogens is 2. The molecule has 198 valence electrons. The van der Waals surface area contributed by atoms with Crippen molar-refractivity contribution in [3.8, 4) is 11.4 Å². The lowest BCUT2D eigenvalue weighted by Crippen LogP contribution is -2.42. The monoisotopic (exact) mass is 514 g/mol. The zero-order valence-corrected chi connectivity index (χ0v) is 22.5. The van der Waals surface area contributed by atoms with Gasteiger partial charge in [0.2, 0.25) is 0 Å². The number of benzene rings is 3. The molecular weight excluding hydrogens is 480 g/mol. The molecule has 0 aliphatic rings. The van der Waals surface area contributed by atoms with E-state index in [1.165, 1.54) is 0 Å². The van der Waals surface area contributed by atoms with Crippen LogP contribution in [0.15, 0.2) is 71.5 Å². The van der Waals surface area contributed by atoms with E-state index in [-0.39, 0.29) is 11.6 Å². The van der Waals surface area contributed by atoms with Gasteiger partial charge in [-0.05, 0) is 79.9 Å². The first-order chi connectivity index (χ1) is 18.4. The Morgan fingerprint density at radius 1 is 1.03 bits per heavy atom. The van der Waals surface area contributed by atoms with Crippen LogP contribution in [-0.2, 0) is 4.74 Å². The molecule has 8 heteroatoms. The predicted molar refractivity (Wildman–Crippen MR) is 150 cm³/mol. The van der Waals surface area contributed by atoms with E-state index in [9.17, 15) is 9.59 Å². The van der Waals surface area contributed by atoms with Crippen molar-refractivity contribution in [1.29, 1.82) is 0 Å². The fourth-order valence-electron chi connectivity index (χ4n) is 4.49. The quantitative estimate of drug-likeness (QED) is 0.312. The average molecular weight is 515 g/mol. The second kappa shape index (κ2) is 11.9. The topological polar surface area (TPSA) is 85.7 Å². The van der Waals surface area contributed by atoms with Gasteiger partial charge >= 0.3 is 6.03 Å². The summed E-state index contributed by atoms with van der Waals surface area (Å²) in [5.74, 6) is 1.20. The van der Waals surface area contributed by atoms with Gasteiger partial charge < -0.3 is 19.7 Å². The Kier molecular flexibility index (Phi) is 8.43. The summed E-state index contributed by atoms with van der Waals surface area (Å²) in [6, 6.07) is 19.5. The molecule has 2 amide bonds. The highest BCUT2D eigenvalue weighted by molar-refractivity contribution is 5.89. The predicted octanol–water partition coefficient (Wildman–Crippen LogP) is 5.64. The molecule has 1 heterocycles. The highest BCUT2D eigenvalue weighted by Crippen LogP contribution is 2.27. The minimum atomic E-state index is -0.498. The summed E-state index contributed by atoms with van der Waals surface area (Å²) in [4.78, 5) is 34.2. The number of rotatable bonds is 9. The molecule has 8 nitrogen and oxygen atoms in total. The van der Waals surface area contributed by atoms with E-state index in [1.54, 1.807) is 54.0 Å². The number of para-hydroxylation sites is 1. The molecule has 0 radical (unpaired) electrons. The summed E-state index contributed by atoms with van der Waals surface area (Å²) in [7, 11) is 3.19. The highest BCUT2D eigenvalue weighted by atomic mass is 16.5. The standard InChI is InChI=1S/C30H34N4O4/c1-6-27(33(17-18-37-4)30(36)31-22-12-15-24(38-5)16-13-22)28-32-26-10-8-7-9-25(26)29(35)34(28)23-14-11-20(2)21(3)19-23/h7-16,19,27H,6,17-18H2,1-5H3,(H,31,36). The maximum absolute atomic E-state index is 13.9. The number of ether oxygens (including phenoxy) is 2. The number of aryl methyl sites for hydroxylation is 2. The molecule has 38 heavy (non-hydrogen) atoms. The molecule has 0 bridgehead atoms. The molecule has 1 unspecified atom stereocenters. The first kappa shape index (κ1) is 26.9. The fourth-order valence-corrected chi connectivity index (χ4v) is 4.49. The summed E-state index contributed by atoms with van der Waals surface area (Å²) in [5, 5.41) is 3.50. The Hall–Kier alpha value is -4.17. The number of fused-ring (bicyclic) bond motifs is 1. The van der Waals surface area contributed by atoms with Crippen molar-refractivity contribution in [2.75, 3.05) is 32.7 Å². The molecule has 0 saturated carbocycles. The van der Waals surface area contributed by atoms with Gasteiger partial charge in [-0.1, -0.05) is 25.1 Å². The van der Waals surface area contributed by atoms with Gasteiger partial charge in [0.1, 0.15) is 11.6 Å². The van der Waals surface area contributed by atoms with Gasteiger partial charge in [-0.2, -0.15) is 0 Å². The zero-order valence-electron chi connectivity index (χ0n) is 22.5. The lowest BCUT2D eigenvalue weighted by Gasteiger charge is -2.32. The van der Waals surface area contributed by atoms with E-state index < -0.39 is 6.04 Å². The Morgan fingerprint density at radius 3 is 2.42 bits per heavy atom. The van der Waals surface area contributed by atoms with Crippen molar-refractivity contribution in [3.05, 3.63) is 94.0 Å². The second-order valence-electron chi connectivity index (χ2n) is 9.17. The molecule has 1 N–H and O–H groups in total. The van der Waals surface area contributed by atoms with Crippen molar-refractivity contribution in [2.45, 2.75) is 33.2 Å². The number of amides is 2. The molecule has 1 atom stereocenters. The molecule has 3 aromatic carbocycles. The van der Waals surface area contributed by atoms with E-state index in [2.05, 4.69) is 5.32 Å². The van der Waals surface area contributed by atoms with Gasteiger partial charge in [-0.15, -0.1) is 0 Å². The van der Waals surface area contributed by atoms with Crippen LogP contribution in [0.3, 0.4) is 0 Å². The van der Waals surface area contributed by atoms with Crippen LogP contribution < -0.4 is 15.6 Å². The molecule has 4 aromatic rings. The third-order valence-corrected chi connectivity index (χ3v) is 6.75. The van der Waals surface area contributed by atoms with Crippen LogP contribution in [0.1, 0.15) is 36.3 Å². The van der Waals surface area contributed by atoms with Gasteiger partial charge in [-0.3, -0.25) is 9.36 Å². The van der Waals surface area contributed by atoms with Gasteiger partial charge in [0.05, 0.1) is 36.3 Å². The van der Waals surface area contributed by atoms with E-state index in [0.717, 1.165) is 11.1 Å². The Labute approximate surface area is 222 Å². The van der Waals surface area contributed by atoms with Crippen LogP contribution in [0.2, 0.25) is 0 Å². The van der Waals surface area contributed by atoms with E-state index >= 15 is 0 Å². The van der Waals surface area contributed by atoms with Gasteiger partial charge in [-0.25, -0.2) is 9.78 Å². The summed E-state index contributed by atoms with van der Waals surface area (Å²) in [5.41, 5.74) is 3.96. The maximum Gasteiger partial charge on any atom is 0.322 e. The molecule has 0 fully saturated rings. The van der Waals surface area contributed by atoms with Crippen molar-refractivity contribution in [3.63, 3.8) is 0 Å². The van der Waals surface area contributed by atoms with Gasteiger partial charge in [0, 0.05) is 19.3 Å². The minimum absolute atomic E-state index is 0.172. The Morgan fingerprint density at radius 2 is 1.76 bits per heavy atom. The van der Waals surface area contributed by atoms with Crippen LogP contribution in [0.4, 0.5) is 10.5 Å². The molecule has 4 rings (SSSR count). The number of nitrogens with zero attached hydrogens (tertiary/aromatic N) is 3. The number of methoxy groups -OCH3 is 2. The fraction of sp³-hybridized carbons (Fsp3) is 0.300. The van der Waals surface area contributed by atoms with Gasteiger partial charge in [0.25, 0.3) is 5.56 Å². The van der Waals surface area contributed by atoms with Crippen LogP contribution in [0, 0.1) is 13.8 Å². The average Bonchev–Trinajstić information content (AvgIpc) is 2.93. The molecule has 0 spiro atoms. The number of hydrogen-bond donors (Lipinski definition) is 1. The third-order valence-electron chi connectivity index (χ3n) is 6.75. The first-order valence-electron chi connectivity index (χ1n) is 12.7. The van der Waals surface area contributed by atoms with Crippen molar-refractivity contribution < 1.29 is 14.3 Å².